The molecule has 4 rings (SSSR count). The van der Waals surface area contributed by atoms with Gasteiger partial charge in [0, 0.05) is 29.3 Å². The van der Waals surface area contributed by atoms with Gasteiger partial charge in [-0.15, -0.1) is 10.2 Å². The number of anilines is 1. The van der Waals surface area contributed by atoms with E-state index >= 15 is 0 Å². The summed E-state index contributed by atoms with van der Waals surface area (Å²) in [4.78, 5) is 16.6. The highest BCUT2D eigenvalue weighted by atomic mass is 127. The Balaban J connectivity index is 1.50. The van der Waals surface area contributed by atoms with Crippen LogP contribution >= 0.6 is 34.4 Å². The van der Waals surface area contributed by atoms with Crippen LogP contribution in [0.15, 0.2) is 84.3 Å². The number of amides is 1. The fourth-order valence-electron chi connectivity index (χ4n) is 2.89. The van der Waals surface area contributed by atoms with Crippen molar-refractivity contribution in [3.05, 3.63) is 79.1 Å². The van der Waals surface area contributed by atoms with Crippen molar-refractivity contribution in [2.75, 3.05) is 15.7 Å². The zero-order valence-electron chi connectivity index (χ0n) is 16.3. The Bertz CT molecular complexity index is 1140. The van der Waals surface area contributed by atoms with Crippen molar-refractivity contribution < 1.29 is 9.53 Å². The SMILES string of the molecule is O=C(CSc1nnc(-c2ccncc2)n1-c1ccccc1)Nc1ccc(OCI)cc1. The molecule has 9 heteroatoms. The summed E-state index contributed by atoms with van der Waals surface area (Å²) in [5.41, 5.74) is 2.54. The molecular weight excluding hydrogens is 525 g/mol. The lowest BCUT2D eigenvalue weighted by Crippen LogP contribution is -2.14. The Labute approximate surface area is 197 Å². The van der Waals surface area contributed by atoms with E-state index in [1.807, 2.05) is 71.3 Å². The molecule has 2 aromatic carbocycles. The second-order valence-electron chi connectivity index (χ2n) is 6.33. The van der Waals surface area contributed by atoms with Crippen LogP contribution in [0.3, 0.4) is 0 Å². The first-order valence-corrected chi connectivity index (χ1v) is 11.9. The standard InChI is InChI=1S/C22H18IN5O2S/c23-15-30-19-8-6-17(7-9-19)25-20(29)14-31-22-27-26-21(16-10-12-24-13-11-16)28(22)18-4-2-1-3-5-18/h1-13H,14-15H2,(H,25,29). The van der Waals surface area contributed by atoms with Crippen LogP contribution in [0.2, 0.25) is 0 Å². The Morgan fingerprint density at radius 2 is 1.74 bits per heavy atom. The molecule has 4 aromatic rings. The Hall–Kier alpha value is -2.92. The molecule has 2 aromatic heterocycles. The fourth-order valence-corrected chi connectivity index (χ4v) is 4.00. The molecule has 0 saturated heterocycles. The van der Waals surface area contributed by atoms with Crippen LogP contribution in [0.25, 0.3) is 17.1 Å². The van der Waals surface area contributed by atoms with E-state index in [1.165, 1.54) is 11.8 Å². The highest BCUT2D eigenvalue weighted by molar-refractivity contribution is 14.1. The zero-order valence-corrected chi connectivity index (χ0v) is 19.3. The van der Waals surface area contributed by atoms with Gasteiger partial charge in [0.15, 0.2) is 11.0 Å². The van der Waals surface area contributed by atoms with Gasteiger partial charge in [-0.1, -0.05) is 30.0 Å². The van der Waals surface area contributed by atoms with E-state index in [4.69, 9.17) is 4.74 Å². The molecule has 0 spiro atoms. The molecule has 31 heavy (non-hydrogen) atoms. The molecular formula is C22H18IN5O2S. The molecule has 0 unspecified atom stereocenters. The van der Waals surface area contributed by atoms with E-state index in [0.29, 0.717) is 21.3 Å². The lowest BCUT2D eigenvalue weighted by molar-refractivity contribution is -0.113. The maximum atomic E-state index is 12.5. The second kappa shape index (κ2) is 10.4. The number of ether oxygens (including phenoxy) is 1. The number of pyridine rings is 1. The largest absolute Gasteiger partial charge is 0.483 e. The van der Waals surface area contributed by atoms with Crippen LogP contribution in [-0.4, -0.2) is 36.0 Å². The summed E-state index contributed by atoms with van der Waals surface area (Å²) in [6, 6.07) is 20.9. The van der Waals surface area contributed by atoms with Gasteiger partial charge in [0.1, 0.15) is 10.4 Å². The van der Waals surface area contributed by atoms with Gasteiger partial charge >= 0.3 is 0 Å². The smallest absolute Gasteiger partial charge is 0.234 e. The third-order valence-electron chi connectivity index (χ3n) is 4.28. The van der Waals surface area contributed by atoms with E-state index < -0.39 is 0 Å². The van der Waals surface area contributed by atoms with E-state index in [-0.39, 0.29) is 11.7 Å². The van der Waals surface area contributed by atoms with Crippen LogP contribution in [0.1, 0.15) is 0 Å². The van der Waals surface area contributed by atoms with Crippen molar-refractivity contribution in [2.24, 2.45) is 0 Å². The molecule has 0 aliphatic heterocycles. The number of rotatable bonds is 8. The van der Waals surface area contributed by atoms with E-state index in [0.717, 1.165) is 17.0 Å². The van der Waals surface area contributed by atoms with Gasteiger partial charge in [0.25, 0.3) is 0 Å². The van der Waals surface area contributed by atoms with Crippen LogP contribution in [0.5, 0.6) is 5.75 Å². The Morgan fingerprint density at radius 1 is 1.00 bits per heavy atom. The molecule has 0 radical (unpaired) electrons. The van der Waals surface area contributed by atoms with E-state index in [2.05, 4.69) is 43.1 Å². The maximum Gasteiger partial charge on any atom is 0.234 e. The minimum atomic E-state index is -0.124. The summed E-state index contributed by atoms with van der Waals surface area (Å²) in [6.07, 6.45) is 3.44. The monoisotopic (exact) mass is 543 g/mol. The number of aromatic nitrogens is 4. The van der Waals surface area contributed by atoms with Gasteiger partial charge in [-0.05, 0) is 71.1 Å². The molecule has 0 atom stereocenters. The van der Waals surface area contributed by atoms with Crippen molar-refractivity contribution in [3.63, 3.8) is 0 Å². The summed E-state index contributed by atoms with van der Waals surface area (Å²) in [5.74, 6) is 1.54. The average Bonchev–Trinajstić information content (AvgIpc) is 3.24. The maximum absolute atomic E-state index is 12.5. The van der Waals surface area contributed by atoms with Gasteiger partial charge in [-0.25, -0.2) is 0 Å². The zero-order chi connectivity index (χ0) is 21.5. The van der Waals surface area contributed by atoms with Crippen molar-refractivity contribution in [2.45, 2.75) is 5.16 Å². The molecule has 2 heterocycles. The van der Waals surface area contributed by atoms with Gasteiger partial charge in [-0.2, -0.15) is 0 Å². The molecule has 0 bridgehead atoms. The van der Waals surface area contributed by atoms with E-state index in [9.17, 15) is 4.79 Å². The summed E-state index contributed by atoms with van der Waals surface area (Å²) < 4.78 is 7.93. The topological polar surface area (TPSA) is 81.9 Å². The number of benzene rings is 2. The first-order valence-electron chi connectivity index (χ1n) is 9.37. The van der Waals surface area contributed by atoms with Crippen molar-refractivity contribution >= 4 is 45.9 Å². The van der Waals surface area contributed by atoms with Crippen molar-refractivity contribution in [3.8, 4) is 22.8 Å². The second-order valence-corrected chi connectivity index (χ2v) is 7.89. The number of alkyl halides is 1. The third kappa shape index (κ3) is 5.42. The number of hydrogen-bond donors (Lipinski definition) is 1. The van der Waals surface area contributed by atoms with Gasteiger partial charge in [-0.3, -0.25) is 14.3 Å². The number of thioether (sulfide) groups is 1. The van der Waals surface area contributed by atoms with E-state index in [1.54, 1.807) is 12.4 Å². The highest BCUT2D eigenvalue weighted by Gasteiger charge is 2.17. The van der Waals surface area contributed by atoms with Crippen molar-refractivity contribution in [1.29, 1.82) is 0 Å². The number of nitrogens with zero attached hydrogens (tertiary/aromatic N) is 4. The van der Waals surface area contributed by atoms with Crippen LogP contribution in [0, 0.1) is 0 Å². The van der Waals surface area contributed by atoms with Crippen LogP contribution in [0.4, 0.5) is 5.69 Å². The number of hydrogen-bond acceptors (Lipinski definition) is 6. The van der Waals surface area contributed by atoms with Crippen LogP contribution in [-0.2, 0) is 4.79 Å². The molecule has 1 amide bonds. The summed E-state index contributed by atoms with van der Waals surface area (Å²) >= 11 is 3.47. The minimum absolute atomic E-state index is 0.124. The quantitative estimate of drug-likeness (QED) is 0.195. The van der Waals surface area contributed by atoms with Gasteiger partial charge in [0.05, 0.1) is 5.75 Å². The number of carbonyl (C=O) groups is 1. The molecule has 156 valence electrons. The molecule has 0 aliphatic rings. The normalized spacial score (nSPS) is 10.6. The summed E-state index contributed by atoms with van der Waals surface area (Å²) in [6.45, 7) is 0. The first kappa shape index (κ1) is 21.3. The number of para-hydroxylation sites is 1. The number of carbonyl (C=O) groups excluding carboxylic acids is 1. The predicted molar refractivity (Wildman–Crippen MR) is 130 cm³/mol. The fraction of sp³-hybridized carbons (Fsp3) is 0.0909. The van der Waals surface area contributed by atoms with Crippen LogP contribution < -0.4 is 10.1 Å². The van der Waals surface area contributed by atoms with Gasteiger partial charge in [0.2, 0.25) is 5.91 Å². The molecule has 7 nitrogen and oxygen atoms in total. The Kier molecular flexibility index (Phi) is 7.15. The first-order chi connectivity index (χ1) is 15.2. The number of halogens is 1. The minimum Gasteiger partial charge on any atom is -0.483 e. The molecule has 0 aliphatic carbocycles. The third-order valence-corrected chi connectivity index (χ3v) is 5.52. The molecule has 0 saturated carbocycles. The summed E-state index contributed by atoms with van der Waals surface area (Å²) in [5, 5.41) is 12.2. The lowest BCUT2D eigenvalue weighted by atomic mass is 10.2. The molecule has 0 fully saturated rings. The van der Waals surface area contributed by atoms with Crippen molar-refractivity contribution in [1.82, 2.24) is 19.7 Å². The van der Waals surface area contributed by atoms with Gasteiger partial charge < -0.3 is 10.1 Å². The predicted octanol–water partition coefficient (Wildman–Crippen LogP) is 4.83. The highest BCUT2D eigenvalue weighted by Crippen LogP contribution is 2.27. The lowest BCUT2D eigenvalue weighted by Gasteiger charge is -2.10. The summed E-state index contributed by atoms with van der Waals surface area (Å²) in [7, 11) is 0. The average molecular weight is 543 g/mol. The Morgan fingerprint density at radius 3 is 2.45 bits per heavy atom. The number of nitrogens with one attached hydrogen (secondary N) is 1. The molecule has 1 N–H and O–H groups in total.